The Morgan fingerprint density at radius 1 is 1.00 bits per heavy atom. The minimum atomic E-state index is -1.13. The average Bonchev–Trinajstić information content (AvgIpc) is 2.64. The van der Waals surface area contributed by atoms with Crippen molar-refractivity contribution < 1.29 is 23.9 Å². The van der Waals surface area contributed by atoms with E-state index in [4.69, 9.17) is 9.47 Å². The third kappa shape index (κ3) is 7.65. The molecule has 0 spiro atoms. The highest BCUT2D eigenvalue weighted by Gasteiger charge is 2.26. The molecule has 0 saturated carbocycles. The normalized spacial score (nSPS) is 11.9. The highest BCUT2D eigenvalue weighted by molar-refractivity contribution is 5.97. The molecule has 29 heavy (non-hydrogen) atoms. The van der Waals surface area contributed by atoms with Crippen LogP contribution in [0.5, 0.6) is 0 Å². The maximum Gasteiger partial charge on any atom is 0.408 e. The third-order valence-corrected chi connectivity index (χ3v) is 3.68. The molecule has 2 rings (SSSR count). The number of amides is 2. The standard InChI is InChI=1S/C22H26N2O5/c1-15-9-8-12-17(13-15)23-19(25)18(24-21(27)29-22(2,3)4)14-28-20(26)16-10-6-5-7-11-16/h5-13,18H,14H2,1-4H3,(H,23,25)(H,24,27). The Kier molecular flexibility index (Phi) is 7.36. The van der Waals surface area contributed by atoms with Gasteiger partial charge in [-0.15, -0.1) is 0 Å². The van der Waals surface area contributed by atoms with Gasteiger partial charge in [-0.05, 0) is 57.5 Å². The van der Waals surface area contributed by atoms with E-state index in [0.717, 1.165) is 5.56 Å². The molecule has 7 nitrogen and oxygen atoms in total. The number of carbonyl (C=O) groups excluding carboxylic acids is 3. The zero-order valence-corrected chi connectivity index (χ0v) is 17.0. The molecule has 2 aromatic rings. The fourth-order valence-electron chi connectivity index (χ4n) is 2.40. The van der Waals surface area contributed by atoms with Crippen LogP contribution in [0.25, 0.3) is 0 Å². The Hall–Kier alpha value is -3.35. The van der Waals surface area contributed by atoms with Crippen molar-refractivity contribution in [1.82, 2.24) is 5.32 Å². The summed E-state index contributed by atoms with van der Waals surface area (Å²) in [6.45, 7) is 6.69. The van der Waals surface area contributed by atoms with E-state index >= 15 is 0 Å². The van der Waals surface area contributed by atoms with Gasteiger partial charge in [-0.1, -0.05) is 30.3 Å². The molecule has 0 radical (unpaired) electrons. The van der Waals surface area contributed by atoms with Crippen molar-refractivity contribution in [2.45, 2.75) is 39.3 Å². The van der Waals surface area contributed by atoms with Gasteiger partial charge in [0.1, 0.15) is 18.2 Å². The molecule has 2 amide bonds. The van der Waals surface area contributed by atoms with Crippen LogP contribution in [0.1, 0.15) is 36.7 Å². The number of esters is 1. The van der Waals surface area contributed by atoms with E-state index in [1.54, 1.807) is 69.3 Å². The minimum absolute atomic E-state index is 0.343. The summed E-state index contributed by atoms with van der Waals surface area (Å²) in [5.74, 6) is -1.12. The van der Waals surface area contributed by atoms with E-state index in [0.29, 0.717) is 11.3 Å². The molecule has 0 bridgehead atoms. The Balaban J connectivity index is 2.08. The van der Waals surface area contributed by atoms with Crippen molar-refractivity contribution in [3.05, 3.63) is 65.7 Å². The maximum atomic E-state index is 12.7. The molecule has 1 atom stereocenters. The van der Waals surface area contributed by atoms with Crippen molar-refractivity contribution >= 4 is 23.7 Å². The molecule has 7 heteroatoms. The quantitative estimate of drug-likeness (QED) is 0.724. The van der Waals surface area contributed by atoms with Gasteiger partial charge in [0.15, 0.2) is 0 Å². The first-order valence-electron chi connectivity index (χ1n) is 9.23. The molecule has 0 aliphatic carbocycles. The van der Waals surface area contributed by atoms with E-state index in [1.807, 2.05) is 13.0 Å². The van der Waals surface area contributed by atoms with Gasteiger partial charge in [-0.3, -0.25) is 4.79 Å². The Morgan fingerprint density at radius 2 is 1.69 bits per heavy atom. The van der Waals surface area contributed by atoms with Gasteiger partial charge in [0.05, 0.1) is 5.56 Å². The molecule has 1 unspecified atom stereocenters. The van der Waals surface area contributed by atoms with Gasteiger partial charge in [0, 0.05) is 5.69 Å². The van der Waals surface area contributed by atoms with Crippen LogP contribution in [0.2, 0.25) is 0 Å². The monoisotopic (exact) mass is 398 g/mol. The fourth-order valence-corrected chi connectivity index (χ4v) is 2.40. The summed E-state index contributed by atoms with van der Waals surface area (Å²) in [5, 5.41) is 5.18. The lowest BCUT2D eigenvalue weighted by Crippen LogP contribution is -2.48. The molecule has 0 saturated heterocycles. The number of ether oxygens (including phenoxy) is 2. The summed E-state index contributed by atoms with van der Waals surface area (Å²) in [4.78, 5) is 37.0. The van der Waals surface area contributed by atoms with Crippen LogP contribution in [-0.4, -0.2) is 36.2 Å². The summed E-state index contributed by atoms with van der Waals surface area (Å²) in [7, 11) is 0. The van der Waals surface area contributed by atoms with Gasteiger partial charge in [0.25, 0.3) is 5.91 Å². The SMILES string of the molecule is Cc1cccc(NC(=O)C(COC(=O)c2ccccc2)NC(=O)OC(C)(C)C)c1. The molecular weight excluding hydrogens is 372 g/mol. The van der Waals surface area contributed by atoms with Crippen molar-refractivity contribution in [1.29, 1.82) is 0 Å². The number of benzene rings is 2. The second-order valence-corrected chi connectivity index (χ2v) is 7.52. The van der Waals surface area contributed by atoms with E-state index in [-0.39, 0.29) is 6.61 Å². The lowest BCUT2D eigenvalue weighted by atomic mass is 10.2. The second-order valence-electron chi connectivity index (χ2n) is 7.52. The fraction of sp³-hybridized carbons (Fsp3) is 0.318. The van der Waals surface area contributed by atoms with Crippen LogP contribution in [0.15, 0.2) is 54.6 Å². The second kappa shape index (κ2) is 9.73. The van der Waals surface area contributed by atoms with Crippen LogP contribution in [0.4, 0.5) is 10.5 Å². The largest absolute Gasteiger partial charge is 0.459 e. The number of hydrogen-bond donors (Lipinski definition) is 2. The summed E-state index contributed by atoms with van der Waals surface area (Å²) in [6, 6.07) is 14.5. The van der Waals surface area contributed by atoms with Crippen molar-refractivity contribution in [2.75, 3.05) is 11.9 Å². The highest BCUT2D eigenvalue weighted by atomic mass is 16.6. The number of carbonyl (C=O) groups is 3. The Labute approximate surface area is 170 Å². The zero-order chi connectivity index (χ0) is 21.4. The van der Waals surface area contributed by atoms with Gasteiger partial charge in [-0.2, -0.15) is 0 Å². The van der Waals surface area contributed by atoms with Crippen LogP contribution >= 0.6 is 0 Å². The van der Waals surface area contributed by atoms with Gasteiger partial charge in [-0.25, -0.2) is 9.59 Å². The summed E-state index contributed by atoms with van der Waals surface area (Å²) in [5.41, 5.74) is 1.15. The topological polar surface area (TPSA) is 93.7 Å². The summed E-state index contributed by atoms with van der Waals surface area (Å²) in [6.07, 6.45) is -0.780. The van der Waals surface area contributed by atoms with Crippen LogP contribution < -0.4 is 10.6 Å². The van der Waals surface area contributed by atoms with E-state index < -0.39 is 29.6 Å². The molecule has 0 heterocycles. The maximum absolute atomic E-state index is 12.7. The molecule has 2 aromatic carbocycles. The summed E-state index contributed by atoms with van der Waals surface area (Å²) >= 11 is 0. The Bertz CT molecular complexity index is 859. The molecule has 0 aliphatic rings. The predicted octanol–water partition coefficient (Wildman–Crippen LogP) is 3.68. The van der Waals surface area contributed by atoms with Crippen molar-refractivity contribution in [3.63, 3.8) is 0 Å². The van der Waals surface area contributed by atoms with E-state index in [2.05, 4.69) is 10.6 Å². The number of anilines is 1. The number of rotatable bonds is 6. The smallest absolute Gasteiger partial charge is 0.408 e. The predicted molar refractivity (Wildman–Crippen MR) is 110 cm³/mol. The van der Waals surface area contributed by atoms with Crippen LogP contribution in [0, 0.1) is 6.92 Å². The Morgan fingerprint density at radius 3 is 2.31 bits per heavy atom. The molecule has 0 aromatic heterocycles. The number of alkyl carbamates (subject to hydrolysis) is 1. The number of nitrogens with one attached hydrogen (secondary N) is 2. The molecule has 2 N–H and O–H groups in total. The lowest BCUT2D eigenvalue weighted by molar-refractivity contribution is -0.119. The highest BCUT2D eigenvalue weighted by Crippen LogP contribution is 2.11. The van der Waals surface area contributed by atoms with E-state index in [1.165, 1.54) is 0 Å². The first-order valence-corrected chi connectivity index (χ1v) is 9.23. The molecule has 154 valence electrons. The lowest BCUT2D eigenvalue weighted by Gasteiger charge is -2.23. The van der Waals surface area contributed by atoms with Crippen molar-refractivity contribution in [2.24, 2.45) is 0 Å². The van der Waals surface area contributed by atoms with Crippen LogP contribution in [-0.2, 0) is 14.3 Å². The zero-order valence-electron chi connectivity index (χ0n) is 17.0. The number of aryl methyl sites for hydroxylation is 1. The molecule has 0 aliphatic heterocycles. The number of hydrogen-bond acceptors (Lipinski definition) is 5. The van der Waals surface area contributed by atoms with Crippen molar-refractivity contribution in [3.8, 4) is 0 Å². The molecule has 0 fully saturated rings. The third-order valence-electron chi connectivity index (χ3n) is 3.68. The van der Waals surface area contributed by atoms with Gasteiger partial charge in [0.2, 0.25) is 0 Å². The van der Waals surface area contributed by atoms with Crippen LogP contribution in [0.3, 0.4) is 0 Å². The summed E-state index contributed by atoms with van der Waals surface area (Å²) < 4.78 is 10.4. The van der Waals surface area contributed by atoms with Gasteiger partial charge >= 0.3 is 12.1 Å². The first kappa shape index (κ1) is 21.9. The minimum Gasteiger partial charge on any atom is -0.459 e. The van der Waals surface area contributed by atoms with E-state index in [9.17, 15) is 14.4 Å². The average molecular weight is 398 g/mol. The first-order chi connectivity index (χ1) is 13.6. The molecular formula is C22H26N2O5. The van der Waals surface area contributed by atoms with Gasteiger partial charge < -0.3 is 20.1 Å².